The molecule has 4 rings (SSSR count). The maximum Gasteiger partial charge on any atom is 0.408 e. The Morgan fingerprint density at radius 2 is 1.76 bits per heavy atom. The highest BCUT2D eigenvalue weighted by molar-refractivity contribution is 5.90. The van der Waals surface area contributed by atoms with Gasteiger partial charge in [-0.2, -0.15) is 0 Å². The van der Waals surface area contributed by atoms with E-state index in [1.165, 1.54) is 18.9 Å². The number of benzene rings is 2. The van der Waals surface area contributed by atoms with E-state index in [1.807, 2.05) is 36.4 Å². The van der Waals surface area contributed by atoms with Crippen molar-refractivity contribution in [2.75, 3.05) is 33.4 Å². The zero-order valence-electron chi connectivity index (χ0n) is 18.7. The molecule has 33 heavy (non-hydrogen) atoms. The van der Waals surface area contributed by atoms with Crippen LogP contribution < -0.4 is 5.32 Å². The number of hydrogen-bond acceptors (Lipinski definition) is 5. The molecule has 8 heteroatoms. The summed E-state index contributed by atoms with van der Waals surface area (Å²) in [5.74, 6) is -2.20. The molecule has 1 aliphatic heterocycles. The molecule has 2 aromatic rings. The molecule has 0 saturated carbocycles. The number of fused-ring (bicyclic) bond motifs is 3. The van der Waals surface area contributed by atoms with Crippen molar-refractivity contribution >= 4 is 18.0 Å². The zero-order valence-corrected chi connectivity index (χ0v) is 18.7. The molecular formula is C25H28N2O6. The van der Waals surface area contributed by atoms with Crippen molar-refractivity contribution in [2.45, 2.75) is 24.8 Å². The molecule has 2 atom stereocenters. The van der Waals surface area contributed by atoms with Crippen LogP contribution >= 0.6 is 0 Å². The van der Waals surface area contributed by atoms with Crippen LogP contribution in [0.15, 0.2) is 48.5 Å². The highest BCUT2D eigenvalue weighted by atomic mass is 16.6. The number of ether oxygens (including phenoxy) is 2. The highest BCUT2D eigenvalue weighted by Gasteiger charge is 2.46. The fourth-order valence-electron chi connectivity index (χ4n) is 4.65. The molecule has 1 aliphatic carbocycles. The van der Waals surface area contributed by atoms with Crippen molar-refractivity contribution in [3.05, 3.63) is 59.7 Å². The van der Waals surface area contributed by atoms with Crippen molar-refractivity contribution in [1.82, 2.24) is 10.2 Å². The van der Waals surface area contributed by atoms with Crippen molar-refractivity contribution < 1.29 is 29.0 Å². The van der Waals surface area contributed by atoms with Crippen molar-refractivity contribution in [1.29, 1.82) is 0 Å². The SMILES string of the molecule is CC(CN(C)C(=O)C1(NC(=O)OCC2c3ccccc3-c3ccccc32)CCOC1)C(=O)O. The second-order valence-corrected chi connectivity index (χ2v) is 8.76. The summed E-state index contributed by atoms with van der Waals surface area (Å²) in [6.07, 6.45) is -0.405. The van der Waals surface area contributed by atoms with Gasteiger partial charge in [-0.05, 0) is 22.3 Å². The molecule has 1 fully saturated rings. The number of nitrogens with zero attached hydrogens (tertiary/aromatic N) is 1. The predicted molar refractivity (Wildman–Crippen MR) is 121 cm³/mol. The first-order valence-corrected chi connectivity index (χ1v) is 11.0. The summed E-state index contributed by atoms with van der Waals surface area (Å²) in [4.78, 5) is 38.4. The number of aliphatic carboxylic acids is 1. The van der Waals surface area contributed by atoms with Crippen LogP contribution in [0, 0.1) is 5.92 Å². The molecule has 0 radical (unpaired) electrons. The number of nitrogens with one attached hydrogen (secondary N) is 1. The molecule has 8 nitrogen and oxygen atoms in total. The monoisotopic (exact) mass is 452 g/mol. The van der Waals surface area contributed by atoms with E-state index in [-0.39, 0.29) is 31.6 Å². The number of carboxylic acid groups (broad SMARTS) is 1. The van der Waals surface area contributed by atoms with Crippen LogP contribution in [0.5, 0.6) is 0 Å². The molecule has 0 spiro atoms. The maximum absolute atomic E-state index is 13.1. The van der Waals surface area contributed by atoms with Gasteiger partial charge in [0.15, 0.2) is 0 Å². The fourth-order valence-corrected chi connectivity index (χ4v) is 4.65. The zero-order chi connectivity index (χ0) is 23.6. The second kappa shape index (κ2) is 9.23. The molecule has 1 saturated heterocycles. The van der Waals surface area contributed by atoms with E-state index in [0.717, 1.165) is 22.3 Å². The van der Waals surface area contributed by atoms with Gasteiger partial charge in [-0.1, -0.05) is 55.5 Å². The summed E-state index contributed by atoms with van der Waals surface area (Å²) >= 11 is 0. The first-order chi connectivity index (χ1) is 15.8. The number of carbonyl (C=O) groups is 3. The summed E-state index contributed by atoms with van der Waals surface area (Å²) < 4.78 is 11.0. The molecule has 174 valence electrons. The quantitative estimate of drug-likeness (QED) is 0.669. The van der Waals surface area contributed by atoms with Crippen LogP contribution in [0.3, 0.4) is 0 Å². The molecule has 0 aromatic heterocycles. The minimum absolute atomic E-state index is 0.0157. The van der Waals surface area contributed by atoms with E-state index in [2.05, 4.69) is 17.4 Å². The van der Waals surface area contributed by atoms with Gasteiger partial charge in [0.25, 0.3) is 5.91 Å². The van der Waals surface area contributed by atoms with Crippen LogP contribution in [0.2, 0.25) is 0 Å². The van der Waals surface area contributed by atoms with Crippen molar-refractivity contribution in [3.63, 3.8) is 0 Å². The van der Waals surface area contributed by atoms with Gasteiger partial charge >= 0.3 is 12.1 Å². The predicted octanol–water partition coefficient (Wildman–Crippen LogP) is 2.86. The van der Waals surface area contributed by atoms with Gasteiger partial charge in [0.2, 0.25) is 0 Å². The summed E-state index contributed by atoms with van der Waals surface area (Å²) in [5, 5.41) is 11.9. The highest BCUT2D eigenvalue weighted by Crippen LogP contribution is 2.44. The lowest BCUT2D eigenvalue weighted by Gasteiger charge is -2.32. The standard InChI is InChI=1S/C25H28N2O6/c1-16(22(28)29)13-27(2)23(30)25(11-12-32-15-25)26-24(31)33-14-21-19-9-5-3-7-17(19)18-8-4-6-10-20(18)21/h3-10,16,21H,11-15H2,1-2H3,(H,26,31)(H,28,29). The van der Waals surface area contributed by atoms with E-state index in [4.69, 9.17) is 14.6 Å². The van der Waals surface area contributed by atoms with E-state index in [9.17, 15) is 14.4 Å². The number of carbonyl (C=O) groups excluding carboxylic acids is 2. The average molecular weight is 453 g/mol. The molecule has 2 aromatic carbocycles. The number of hydrogen-bond donors (Lipinski definition) is 2. The lowest BCUT2D eigenvalue weighted by atomic mass is 9.96. The minimum atomic E-state index is -1.27. The van der Waals surface area contributed by atoms with Gasteiger partial charge in [-0.25, -0.2) is 4.79 Å². The Labute approximate surface area is 192 Å². The first-order valence-electron chi connectivity index (χ1n) is 11.0. The Hall–Kier alpha value is -3.39. The fraction of sp³-hybridized carbons (Fsp3) is 0.400. The van der Waals surface area contributed by atoms with E-state index < -0.39 is 23.5 Å². The molecule has 0 bridgehead atoms. The van der Waals surface area contributed by atoms with Crippen molar-refractivity contribution in [2.24, 2.45) is 5.92 Å². The molecule has 2 N–H and O–H groups in total. The van der Waals surface area contributed by atoms with Gasteiger partial charge in [-0.3, -0.25) is 9.59 Å². The number of carboxylic acids is 1. The van der Waals surface area contributed by atoms with Crippen LogP contribution in [0.1, 0.15) is 30.4 Å². The molecular weight excluding hydrogens is 424 g/mol. The number of alkyl carbamates (subject to hydrolysis) is 1. The summed E-state index contributed by atoms with van der Waals surface area (Å²) in [7, 11) is 1.53. The summed E-state index contributed by atoms with van der Waals surface area (Å²) in [6.45, 7) is 2.03. The molecule has 2 aliphatic rings. The Morgan fingerprint density at radius 3 is 2.30 bits per heavy atom. The van der Waals surface area contributed by atoms with Crippen LogP contribution in [0.25, 0.3) is 11.1 Å². The van der Waals surface area contributed by atoms with Crippen molar-refractivity contribution in [3.8, 4) is 11.1 Å². The maximum atomic E-state index is 13.1. The lowest BCUT2D eigenvalue weighted by molar-refractivity contribution is -0.144. The largest absolute Gasteiger partial charge is 0.481 e. The van der Waals surface area contributed by atoms with Gasteiger partial charge in [0.05, 0.1) is 12.5 Å². The Balaban J connectivity index is 1.44. The Kier molecular flexibility index (Phi) is 6.37. The molecule has 2 unspecified atom stereocenters. The van der Waals surface area contributed by atoms with E-state index >= 15 is 0 Å². The Bertz CT molecular complexity index is 1020. The molecule has 1 heterocycles. The van der Waals surface area contributed by atoms with Gasteiger partial charge in [0, 0.05) is 32.5 Å². The third kappa shape index (κ3) is 4.43. The number of amides is 2. The van der Waals surface area contributed by atoms with Crippen LogP contribution in [0.4, 0.5) is 4.79 Å². The third-order valence-corrected chi connectivity index (χ3v) is 6.43. The van der Waals surface area contributed by atoms with Crippen LogP contribution in [-0.2, 0) is 19.1 Å². The number of likely N-dealkylation sites (N-methyl/N-ethyl adjacent to an activating group) is 1. The summed E-state index contributed by atoms with van der Waals surface area (Å²) in [6, 6.07) is 16.1. The second-order valence-electron chi connectivity index (χ2n) is 8.76. The van der Waals surface area contributed by atoms with Gasteiger partial charge in [-0.15, -0.1) is 0 Å². The van der Waals surface area contributed by atoms with E-state index in [0.29, 0.717) is 13.0 Å². The lowest BCUT2D eigenvalue weighted by Crippen LogP contribution is -2.60. The Morgan fingerprint density at radius 1 is 1.15 bits per heavy atom. The third-order valence-electron chi connectivity index (χ3n) is 6.43. The minimum Gasteiger partial charge on any atom is -0.481 e. The average Bonchev–Trinajstić information content (AvgIpc) is 3.40. The molecule has 2 amide bonds. The normalized spacial score (nSPS) is 19.9. The number of rotatable bonds is 7. The van der Waals surface area contributed by atoms with Gasteiger partial charge in [0.1, 0.15) is 12.1 Å². The van der Waals surface area contributed by atoms with E-state index in [1.54, 1.807) is 0 Å². The topological polar surface area (TPSA) is 105 Å². The van der Waals surface area contributed by atoms with Crippen LogP contribution in [-0.4, -0.2) is 66.9 Å². The van der Waals surface area contributed by atoms with Gasteiger partial charge < -0.3 is 24.8 Å². The smallest absolute Gasteiger partial charge is 0.408 e. The first kappa shape index (κ1) is 22.8. The summed E-state index contributed by atoms with van der Waals surface area (Å²) in [5.41, 5.74) is 3.20.